The van der Waals surface area contributed by atoms with Crippen LogP contribution in [0.25, 0.3) is 55.0 Å². The van der Waals surface area contributed by atoms with Crippen LogP contribution < -0.4 is 26.2 Å². The maximum absolute atomic E-state index is 10.5. The van der Waals surface area contributed by atoms with E-state index in [1.165, 1.54) is 125 Å². The van der Waals surface area contributed by atoms with Crippen LogP contribution in [0.5, 0.6) is 0 Å². The van der Waals surface area contributed by atoms with Crippen LogP contribution in [0.4, 0.5) is 22.7 Å². The Kier molecular flexibility index (Phi) is 14.9. The molecule has 8 aliphatic rings. The van der Waals surface area contributed by atoms with Crippen molar-refractivity contribution in [2.75, 3.05) is 9.80 Å². The summed E-state index contributed by atoms with van der Waals surface area (Å²) in [5, 5.41) is 25.5. The molecule has 6 nitrogen and oxygen atoms in total. The number of nitrogens with zero attached hydrogens (tertiary/aromatic N) is 6. The van der Waals surface area contributed by atoms with Crippen molar-refractivity contribution in [3.63, 3.8) is 0 Å². The van der Waals surface area contributed by atoms with Gasteiger partial charge < -0.3 is 18.9 Å². The minimum absolute atomic E-state index is 0.0534. The van der Waals surface area contributed by atoms with E-state index in [9.17, 15) is 10.5 Å². The van der Waals surface area contributed by atoms with E-state index in [-0.39, 0.29) is 29.6 Å². The molecule has 95 heavy (non-hydrogen) atoms. The first-order valence-electron chi connectivity index (χ1n) is 36.4. The maximum atomic E-state index is 10.5. The van der Waals surface area contributed by atoms with Gasteiger partial charge in [-0.2, -0.15) is 10.5 Å². The van der Waals surface area contributed by atoms with Gasteiger partial charge in [-0.3, -0.25) is 0 Å². The Morgan fingerprint density at radius 1 is 0.421 bits per heavy atom. The smallest absolute Gasteiger partial charge is 0.252 e. The van der Waals surface area contributed by atoms with E-state index >= 15 is 0 Å². The van der Waals surface area contributed by atoms with Gasteiger partial charge in [0.2, 0.25) is 0 Å². The summed E-state index contributed by atoms with van der Waals surface area (Å²) in [7, 11) is 0. The first-order valence-corrected chi connectivity index (χ1v) is 36.4. The molecule has 0 radical (unpaired) electrons. The third-order valence-corrected chi connectivity index (χ3v) is 23.9. The van der Waals surface area contributed by atoms with E-state index < -0.39 is 0 Å². The van der Waals surface area contributed by atoms with Gasteiger partial charge in [0.15, 0.2) is 0 Å². The van der Waals surface area contributed by atoms with Crippen molar-refractivity contribution >= 4 is 89.5 Å². The lowest BCUT2D eigenvalue weighted by Gasteiger charge is -2.53. The molecule has 0 bridgehead atoms. The van der Waals surface area contributed by atoms with E-state index in [1.807, 2.05) is 12.1 Å². The van der Waals surface area contributed by atoms with Gasteiger partial charge in [-0.05, 0) is 274 Å². The van der Waals surface area contributed by atoms with Crippen LogP contribution in [0.15, 0.2) is 198 Å². The Bertz CT molecular complexity index is 4620. The molecular weight excluding hydrogens is 1150 g/mol. The van der Waals surface area contributed by atoms with Crippen molar-refractivity contribution in [1.29, 1.82) is 10.5 Å². The van der Waals surface area contributed by atoms with Crippen LogP contribution in [0, 0.1) is 46.3 Å². The second kappa shape index (κ2) is 23.5. The lowest BCUT2D eigenvalue weighted by molar-refractivity contribution is 0.391. The molecule has 9 aromatic rings. The molecule has 6 unspecified atom stereocenters. The molecule has 0 N–H and O–H groups in total. The number of aromatic nitrogens is 2. The Morgan fingerprint density at radius 2 is 0.863 bits per heavy atom. The zero-order valence-electron chi connectivity index (χ0n) is 56.7. The predicted molar refractivity (Wildman–Crippen MR) is 399 cm³/mol. The Morgan fingerprint density at radius 3 is 1.26 bits per heavy atom. The number of nitriles is 2. The molecule has 6 atom stereocenters. The van der Waals surface area contributed by atoms with Crippen LogP contribution >= 0.6 is 0 Å². The van der Waals surface area contributed by atoms with Crippen LogP contribution in [-0.2, 0) is 10.8 Å². The number of benzene rings is 7. The van der Waals surface area contributed by atoms with E-state index in [0.717, 1.165) is 95.6 Å². The number of rotatable bonds is 8. The molecule has 17 rings (SSSR count). The zero-order valence-corrected chi connectivity index (χ0v) is 56.7. The second-order valence-corrected chi connectivity index (χ2v) is 31.4. The highest BCUT2D eigenvalue weighted by Gasteiger charge is 2.50. The van der Waals surface area contributed by atoms with E-state index in [2.05, 4.69) is 236 Å². The van der Waals surface area contributed by atoms with Gasteiger partial charge in [0, 0.05) is 67.5 Å². The van der Waals surface area contributed by atoms with Crippen LogP contribution in [0.1, 0.15) is 179 Å². The highest BCUT2D eigenvalue weighted by atomic mass is 15.2. The standard InChI is InChI=1S/C88H89BN6/c1-87(2,3)62-38-46-78-72(50-62)70-48-56(54-90)36-44-76(70)92(78)64-40-42-74-82(52-64)94(85-66(58-22-11-7-12-23-58)30-19-31-67(85)59-24-13-8-14-25-59)80-34-21-35-81-84(80)89(74)75-43-41-65(93-77-45-37-57(55-91)49-71(77)73-51-63(88(4,5)6)39-47-79(73)93)53-83(75)95(81)86-68(60-26-15-9-16-27-60)32-20-33-69(86)61-28-17-10-18-29-61/h7,9,11,15,21,24,28,30,32,34-53,58,60,67,69,85-86H,8,10,12-14,16-20,22-23,25-27,29,31,33H2,1-6H3. The largest absolute Gasteiger partial charge is 0.334 e. The lowest BCUT2D eigenvalue weighted by atomic mass is 9.33. The minimum Gasteiger partial charge on any atom is -0.334 e. The van der Waals surface area contributed by atoms with Crippen molar-refractivity contribution in [3.8, 4) is 23.5 Å². The van der Waals surface area contributed by atoms with Crippen LogP contribution in [0.2, 0.25) is 0 Å². The molecule has 2 aromatic heterocycles. The summed E-state index contributed by atoms with van der Waals surface area (Å²) in [6.45, 7) is 13.8. The van der Waals surface area contributed by atoms with Gasteiger partial charge >= 0.3 is 0 Å². The molecule has 0 saturated heterocycles. The number of allylic oxidation sites excluding steroid dienone is 8. The Hall–Kier alpha value is -8.78. The summed E-state index contributed by atoms with van der Waals surface area (Å²) < 4.78 is 5.03. The van der Waals surface area contributed by atoms with Crippen molar-refractivity contribution in [3.05, 3.63) is 221 Å². The quantitative estimate of drug-likeness (QED) is 0.112. The summed E-state index contributed by atoms with van der Waals surface area (Å²) >= 11 is 0. The second-order valence-electron chi connectivity index (χ2n) is 31.4. The average molecular weight is 1240 g/mol. The summed E-state index contributed by atoms with van der Waals surface area (Å²) in [6.07, 6.45) is 41.7. The zero-order chi connectivity index (χ0) is 64.4. The predicted octanol–water partition coefficient (Wildman–Crippen LogP) is 20.8. The van der Waals surface area contributed by atoms with E-state index in [4.69, 9.17) is 0 Å². The molecule has 474 valence electrons. The topological polar surface area (TPSA) is 63.9 Å². The maximum Gasteiger partial charge on any atom is 0.252 e. The summed E-state index contributed by atoms with van der Waals surface area (Å²) in [5.41, 5.74) is 26.9. The molecule has 0 fully saturated rings. The van der Waals surface area contributed by atoms with Gasteiger partial charge in [-0.15, -0.1) is 0 Å². The Labute approximate surface area is 563 Å². The number of hydrogen-bond acceptors (Lipinski definition) is 4. The molecule has 0 saturated carbocycles. The molecular formula is C88H89BN6. The van der Waals surface area contributed by atoms with Crippen molar-refractivity contribution in [2.24, 2.45) is 23.7 Å². The highest BCUT2D eigenvalue weighted by Crippen LogP contribution is 2.53. The van der Waals surface area contributed by atoms with Crippen molar-refractivity contribution < 1.29 is 0 Å². The van der Waals surface area contributed by atoms with Crippen LogP contribution in [0.3, 0.4) is 0 Å². The molecule has 7 heteroatoms. The highest BCUT2D eigenvalue weighted by molar-refractivity contribution is 7.00. The third-order valence-electron chi connectivity index (χ3n) is 23.9. The van der Waals surface area contributed by atoms with Gasteiger partial charge in [-0.1, -0.05) is 132 Å². The summed E-state index contributed by atoms with van der Waals surface area (Å²) in [6, 6.07) is 55.0. The third kappa shape index (κ3) is 9.98. The molecule has 0 spiro atoms. The minimum atomic E-state index is -0.0693. The molecule has 0 amide bonds. The Balaban J connectivity index is 0.962. The number of hydrogen-bond donors (Lipinski definition) is 0. The van der Waals surface area contributed by atoms with Gasteiger partial charge in [0.25, 0.3) is 6.71 Å². The van der Waals surface area contributed by atoms with Gasteiger partial charge in [0.1, 0.15) is 0 Å². The molecule has 2 aliphatic heterocycles. The van der Waals surface area contributed by atoms with Crippen molar-refractivity contribution in [1.82, 2.24) is 9.13 Å². The first kappa shape index (κ1) is 59.9. The average Bonchev–Trinajstić information content (AvgIpc) is 1.04. The monoisotopic (exact) mass is 1240 g/mol. The summed E-state index contributed by atoms with van der Waals surface area (Å²) in [4.78, 5) is 5.94. The first-order chi connectivity index (χ1) is 46.3. The van der Waals surface area contributed by atoms with E-state index in [1.54, 1.807) is 22.3 Å². The summed E-state index contributed by atoms with van der Waals surface area (Å²) in [5.74, 6) is 1.68. The fourth-order valence-electron chi connectivity index (χ4n) is 19.2. The normalized spacial score (nSPS) is 22.8. The van der Waals surface area contributed by atoms with Crippen LogP contribution in [-0.4, -0.2) is 27.9 Å². The fourth-order valence-corrected chi connectivity index (χ4v) is 19.2. The fraction of sp³-hybridized carbons (Fsp3) is 0.364. The molecule has 4 heterocycles. The van der Waals surface area contributed by atoms with Gasteiger partial charge in [-0.25, -0.2) is 0 Å². The molecule has 7 aromatic carbocycles. The van der Waals surface area contributed by atoms with E-state index in [0.29, 0.717) is 34.8 Å². The van der Waals surface area contributed by atoms with Gasteiger partial charge in [0.05, 0.1) is 57.4 Å². The lowest BCUT2D eigenvalue weighted by Crippen LogP contribution is -2.65. The van der Waals surface area contributed by atoms with Crippen molar-refractivity contribution in [2.45, 2.75) is 180 Å². The number of anilines is 4. The SMILES string of the molecule is CC(C)(C)c1ccc2c(c1)c1cc(C#N)ccc1n2-c1ccc2c(c1)N(C1C(C3CC=CCC3)=CCCC1C1=CCCCC1)c1cccc3c1B2c1ccc(-n2c4ccc(C#N)cc4c4cc(C(C)(C)C)ccc42)cc1N3C1C(C2CC=CCC2)=CCCC1C1=CCCCC1. The molecule has 6 aliphatic carbocycles. The number of fused-ring (bicyclic) bond motifs is 10.